The van der Waals surface area contributed by atoms with E-state index in [4.69, 9.17) is 9.47 Å². The van der Waals surface area contributed by atoms with Crippen molar-refractivity contribution in [1.82, 2.24) is 0 Å². The van der Waals surface area contributed by atoms with E-state index in [1.165, 1.54) is 6.07 Å². The molecule has 0 aliphatic carbocycles. The predicted octanol–water partition coefficient (Wildman–Crippen LogP) is 3.27. The second-order valence-corrected chi connectivity index (χ2v) is 5.02. The number of benzene rings is 2. The van der Waals surface area contributed by atoms with Crippen LogP contribution < -0.4 is 9.47 Å². The van der Waals surface area contributed by atoms with Crippen molar-refractivity contribution < 1.29 is 41.0 Å². The quantitative estimate of drug-likeness (QED) is 0.365. The number of ether oxygens (including phenoxy) is 3. The Morgan fingerprint density at radius 3 is 2.16 bits per heavy atom. The number of hydrogen-bond donors (Lipinski definition) is 0. The molecule has 2 aromatic rings. The minimum atomic E-state index is -2.29. The number of hydrogen-bond acceptors (Lipinski definition) is 4. The van der Waals surface area contributed by atoms with Crippen molar-refractivity contribution in [3.05, 3.63) is 58.9 Å². The molecule has 0 saturated carbocycles. The highest BCUT2D eigenvalue weighted by atomic mass is 19.2. The van der Waals surface area contributed by atoms with Crippen LogP contribution in [0.25, 0.3) is 0 Å². The number of halogens is 5. The van der Waals surface area contributed by atoms with Gasteiger partial charge in [-0.15, -0.1) is 0 Å². The maximum atomic E-state index is 13.5. The van der Waals surface area contributed by atoms with Crippen molar-refractivity contribution >= 4 is 5.97 Å². The molecule has 0 radical (unpaired) electrons. The number of para-hydroxylation sites is 2. The van der Waals surface area contributed by atoms with Crippen LogP contribution in [-0.2, 0) is 16.1 Å². The second-order valence-electron chi connectivity index (χ2n) is 5.02. The highest BCUT2D eigenvalue weighted by Gasteiger charge is 2.31. The summed E-state index contributed by atoms with van der Waals surface area (Å²) in [4.78, 5) is 11.9. The SMILES string of the molecule is O=C(OCc1c(F)c(F)c(F)c(F)c1F)[C@H]1COc2ccccc2O1. The van der Waals surface area contributed by atoms with Crippen molar-refractivity contribution in [2.24, 2.45) is 0 Å². The Balaban J connectivity index is 1.72. The molecule has 0 unspecified atom stereocenters. The van der Waals surface area contributed by atoms with Gasteiger partial charge in [-0.05, 0) is 12.1 Å². The van der Waals surface area contributed by atoms with Gasteiger partial charge in [0.25, 0.3) is 0 Å². The summed E-state index contributed by atoms with van der Waals surface area (Å²) in [5.74, 6) is -11.1. The van der Waals surface area contributed by atoms with Crippen LogP contribution >= 0.6 is 0 Å². The molecule has 132 valence electrons. The third-order valence-corrected chi connectivity index (χ3v) is 3.43. The van der Waals surface area contributed by atoms with Crippen LogP contribution in [0.5, 0.6) is 11.5 Å². The van der Waals surface area contributed by atoms with E-state index in [1.54, 1.807) is 18.2 Å². The minimum Gasteiger partial charge on any atom is -0.485 e. The molecule has 0 fully saturated rings. The molecule has 0 spiro atoms. The number of fused-ring (bicyclic) bond motifs is 1. The van der Waals surface area contributed by atoms with Crippen molar-refractivity contribution in [3.63, 3.8) is 0 Å². The van der Waals surface area contributed by atoms with Gasteiger partial charge in [-0.1, -0.05) is 12.1 Å². The topological polar surface area (TPSA) is 44.8 Å². The van der Waals surface area contributed by atoms with E-state index in [2.05, 4.69) is 4.74 Å². The Morgan fingerprint density at radius 1 is 0.960 bits per heavy atom. The van der Waals surface area contributed by atoms with Crippen molar-refractivity contribution in [1.29, 1.82) is 0 Å². The normalized spacial score (nSPS) is 15.8. The fourth-order valence-corrected chi connectivity index (χ4v) is 2.15. The van der Waals surface area contributed by atoms with Gasteiger partial charge in [-0.25, -0.2) is 26.7 Å². The Hall–Kier alpha value is -2.84. The van der Waals surface area contributed by atoms with E-state index in [1.807, 2.05) is 0 Å². The summed E-state index contributed by atoms with van der Waals surface area (Å²) in [7, 11) is 0. The molecule has 0 saturated heterocycles. The lowest BCUT2D eigenvalue weighted by atomic mass is 10.2. The molecule has 25 heavy (non-hydrogen) atoms. The summed E-state index contributed by atoms with van der Waals surface area (Å²) in [5, 5.41) is 0. The molecule has 0 bridgehead atoms. The maximum Gasteiger partial charge on any atom is 0.351 e. The van der Waals surface area contributed by atoms with Gasteiger partial charge in [0.2, 0.25) is 11.9 Å². The van der Waals surface area contributed by atoms with E-state index in [0.717, 1.165) is 0 Å². The van der Waals surface area contributed by atoms with E-state index in [9.17, 15) is 26.7 Å². The molecule has 0 amide bonds. The fourth-order valence-electron chi connectivity index (χ4n) is 2.15. The summed E-state index contributed by atoms with van der Waals surface area (Å²) < 4.78 is 81.4. The van der Waals surface area contributed by atoms with Crippen LogP contribution in [0.1, 0.15) is 5.56 Å². The average Bonchev–Trinajstić information content (AvgIpc) is 2.64. The van der Waals surface area contributed by atoms with E-state index >= 15 is 0 Å². The Kier molecular flexibility index (Phi) is 4.47. The Morgan fingerprint density at radius 2 is 1.52 bits per heavy atom. The van der Waals surface area contributed by atoms with Gasteiger partial charge in [0.15, 0.2) is 34.8 Å². The molecule has 2 aromatic carbocycles. The summed E-state index contributed by atoms with van der Waals surface area (Å²) in [6, 6.07) is 6.44. The molecule has 3 rings (SSSR count). The van der Waals surface area contributed by atoms with Crippen LogP contribution in [0.2, 0.25) is 0 Å². The lowest BCUT2D eigenvalue weighted by molar-refractivity contribution is -0.156. The molecular formula is C16H9F5O4. The van der Waals surface area contributed by atoms with Gasteiger partial charge >= 0.3 is 5.97 Å². The molecule has 9 heteroatoms. The van der Waals surface area contributed by atoms with Crippen LogP contribution in [0, 0.1) is 29.1 Å². The van der Waals surface area contributed by atoms with E-state index in [-0.39, 0.29) is 12.4 Å². The highest BCUT2D eigenvalue weighted by molar-refractivity contribution is 5.76. The summed E-state index contributed by atoms with van der Waals surface area (Å²) in [5.41, 5.74) is -1.25. The van der Waals surface area contributed by atoms with Crippen LogP contribution in [-0.4, -0.2) is 18.7 Å². The third kappa shape index (κ3) is 3.09. The lowest BCUT2D eigenvalue weighted by Gasteiger charge is -2.25. The van der Waals surface area contributed by atoms with Gasteiger partial charge in [0.05, 0.1) is 5.56 Å². The van der Waals surface area contributed by atoms with Crippen molar-refractivity contribution in [2.45, 2.75) is 12.7 Å². The average molecular weight is 360 g/mol. The molecule has 4 nitrogen and oxygen atoms in total. The Bertz CT molecular complexity index is 811. The second kappa shape index (κ2) is 6.58. The molecular weight excluding hydrogens is 351 g/mol. The molecule has 1 aliphatic heterocycles. The maximum absolute atomic E-state index is 13.5. The van der Waals surface area contributed by atoms with Gasteiger partial charge in [0.1, 0.15) is 13.2 Å². The van der Waals surface area contributed by atoms with Gasteiger partial charge in [-0.2, -0.15) is 0 Å². The summed E-state index contributed by atoms with van der Waals surface area (Å²) in [6.45, 7) is -1.38. The first-order valence-corrected chi connectivity index (χ1v) is 6.95. The zero-order chi connectivity index (χ0) is 18.1. The first kappa shape index (κ1) is 17.0. The lowest BCUT2D eigenvalue weighted by Crippen LogP contribution is -2.37. The zero-order valence-corrected chi connectivity index (χ0v) is 12.3. The van der Waals surface area contributed by atoms with Crippen LogP contribution in [0.4, 0.5) is 22.0 Å². The summed E-state index contributed by atoms with van der Waals surface area (Å²) >= 11 is 0. The van der Waals surface area contributed by atoms with Gasteiger partial charge in [-0.3, -0.25) is 0 Å². The van der Waals surface area contributed by atoms with Crippen LogP contribution in [0.15, 0.2) is 24.3 Å². The molecule has 1 heterocycles. The Labute approximate surface area is 137 Å². The predicted molar refractivity (Wildman–Crippen MR) is 72.4 cm³/mol. The van der Waals surface area contributed by atoms with Crippen LogP contribution in [0.3, 0.4) is 0 Å². The van der Waals surface area contributed by atoms with E-state index < -0.39 is 53.3 Å². The molecule has 1 aliphatic rings. The largest absolute Gasteiger partial charge is 0.485 e. The number of carbonyl (C=O) groups is 1. The standard InChI is InChI=1S/C16H9F5O4/c17-11-7(12(18)14(20)15(21)13(11)19)5-24-16(22)10-6-23-8-3-1-2-4-9(8)25-10/h1-4,10H,5-6H2/t10-/m1/s1. The highest BCUT2D eigenvalue weighted by Crippen LogP contribution is 2.31. The fraction of sp³-hybridized carbons (Fsp3) is 0.188. The monoisotopic (exact) mass is 360 g/mol. The first-order valence-electron chi connectivity index (χ1n) is 6.95. The molecule has 0 N–H and O–H groups in total. The first-order chi connectivity index (χ1) is 11.9. The minimum absolute atomic E-state index is 0.229. The van der Waals surface area contributed by atoms with Gasteiger partial charge < -0.3 is 14.2 Å². The molecule has 0 aromatic heterocycles. The zero-order valence-electron chi connectivity index (χ0n) is 12.3. The third-order valence-electron chi connectivity index (χ3n) is 3.43. The van der Waals surface area contributed by atoms with Gasteiger partial charge in [0, 0.05) is 0 Å². The van der Waals surface area contributed by atoms with Crippen molar-refractivity contribution in [3.8, 4) is 11.5 Å². The molecule has 1 atom stereocenters. The number of rotatable bonds is 3. The van der Waals surface area contributed by atoms with E-state index in [0.29, 0.717) is 5.75 Å². The smallest absolute Gasteiger partial charge is 0.351 e. The number of carbonyl (C=O) groups excluding carboxylic acids is 1. The summed E-state index contributed by atoms with van der Waals surface area (Å²) in [6.07, 6.45) is -1.24. The number of esters is 1. The van der Waals surface area contributed by atoms with Crippen molar-refractivity contribution in [2.75, 3.05) is 6.61 Å².